The molecule has 2 aliphatic rings. The fraction of sp³-hybridized carbons (Fsp3) is 0.727. The first kappa shape index (κ1) is 23.9. The molecule has 0 aromatic heterocycles. The molecular formula is C22H30O8-2. The largest absolute Gasteiger partial charge is 0.545 e. The minimum absolute atomic E-state index is 0.322. The third kappa shape index (κ3) is 6.31. The summed E-state index contributed by atoms with van der Waals surface area (Å²) in [7, 11) is 0. The highest BCUT2D eigenvalue weighted by Crippen LogP contribution is 2.28. The molecule has 2 rings (SSSR count). The molecule has 0 heterocycles. The van der Waals surface area contributed by atoms with E-state index < -0.39 is 46.9 Å². The monoisotopic (exact) mass is 422 g/mol. The van der Waals surface area contributed by atoms with Crippen LogP contribution in [-0.2, 0) is 28.7 Å². The zero-order valence-corrected chi connectivity index (χ0v) is 17.6. The van der Waals surface area contributed by atoms with Gasteiger partial charge in [0.1, 0.15) is 12.2 Å². The Balaban J connectivity index is 2.22. The van der Waals surface area contributed by atoms with Crippen molar-refractivity contribution >= 4 is 23.9 Å². The van der Waals surface area contributed by atoms with Crippen molar-refractivity contribution in [1.29, 1.82) is 0 Å². The molecule has 0 radical (unpaired) electrons. The average Bonchev–Trinajstić information content (AvgIpc) is 2.71. The van der Waals surface area contributed by atoms with Gasteiger partial charge in [-0.15, -0.1) is 0 Å². The van der Waals surface area contributed by atoms with E-state index in [1.54, 1.807) is 0 Å². The molecular weight excluding hydrogens is 392 g/mol. The van der Waals surface area contributed by atoms with Gasteiger partial charge in [0.25, 0.3) is 0 Å². The van der Waals surface area contributed by atoms with Crippen molar-refractivity contribution in [1.82, 2.24) is 0 Å². The quantitative estimate of drug-likeness (QED) is 0.414. The summed E-state index contributed by atoms with van der Waals surface area (Å²) < 4.78 is 10.8. The van der Waals surface area contributed by atoms with Gasteiger partial charge in [-0.2, -0.15) is 0 Å². The summed E-state index contributed by atoms with van der Waals surface area (Å²) in [6, 6.07) is 0. The molecule has 0 saturated heterocycles. The molecule has 0 aliphatic heterocycles. The van der Waals surface area contributed by atoms with Gasteiger partial charge in [0.05, 0.1) is 23.8 Å². The molecule has 168 valence electrons. The molecule has 0 spiro atoms. The summed E-state index contributed by atoms with van der Waals surface area (Å²) >= 11 is 0. The minimum atomic E-state index is -1.85. The summed E-state index contributed by atoms with van der Waals surface area (Å²) in [5, 5.41) is 23.6. The number of carbonyl (C=O) groups excluding carboxylic acids is 4. The molecule has 0 amide bonds. The van der Waals surface area contributed by atoms with E-state index in [1.807, 2.05) is 0 Å². The maximum absolute atomic E-state index is 12.5. The number of carboxylic acid groups (broad SMARTS) is 2. The molecule has 2 unspecified atom stereocenters. The first-order chi connectivity index (χ1) is 14.2. The number of rotatable bonds is 8. The van der Waals surface area contributed by atoms with Crippen molar-refractivity contribution in [3.05, 3.63) is 11.1 Å². The highest BCUT2D eigenvalue weighted by Gasteiger charge is 2.32. The van der Waals surface area contributed by atoms with Crippen LogP contribution in [0.4, 0.5) is 0 Å². The zero-order chi connectivity index (χ0) is 22.3. The van der Waals surface area contributed by atoms with E-state index in [4.69, 9.17) is 9.47 Å². The van der Waals surface area contributed by atoms with Crippen LogP contribution in [0.15, 0.2) is 11.1 Å². The maximum Gasteiger partial charge on any atom is 0.313 e. The normalized spacial score (nSPS) is 21.1. The van der Waals surface area contributed by atoms with E-state index in [-0.39, 0.29) is 12.2 Å². The van der Waals surface area contributed by atoms with Gasteiger partial charge in [-0.3, -0.25) is 9.59 Å². The van der Waals surface area contributed by atoms with Crippen molar-refractivity contribution < 1.29 is 38.9 Å². The fourth-order valence-corrected chi connectivity index (χ4v) is 4.17. The van der Waals surface area contributed by atoms with E-state index in [9.17, 15) is 29.4 Å². The second-order valence-electron chi connectivity index (χ2n) is 8.24. The van der Waals surface area contributed by atoms with Crippen LogP contribution in [0.5, 0.6) is 0 Å². The van der Waals surface area contributed by atoms with Crippen LogP contribution in [0.3, 0.4) is 0 Å². The van der Waals surface area contributed by atoms with Crippen LogP contribution >= 0.6 is 0 Å². The second-order valence-corrected chi connectivity index (χ2v) is 8.24. The molecule has 2 aliphatic carbocycles. The Bertz CT molecular complexity index is 625. The fourth-order valence-electron chi connectivity index (χ4n) is 4.17. The Kier molecular flexibility index (Phi) is 8.87. The number of aliphatic carboxylic acids is 2. The van der Waals surface area contributed by atoms with Gasteiger partial charge in [0, 0.05) is 0 Å². The predicted molar refractivity (Wildman–Crippen MR) is 101 cm³/mol. The molecule has 8 heteroatoms. The van der Waals surface area contributed by atoms with Crippen molar-refractivity contribution in [2.45, 2.75) is 90.3 Å². The molecule has 0 aromatic rings. The average molecular weight is 422 g/mol. The van der Waals surface area contributed by atoms with Gasteiger partial charge in [0.2, 0.25) is 0 Å². The van der Waals surface area contributed by atoms with Gasteiger partial charge in [-0.25, -0.2) is 0 Å². The number of esters is 2. The zero-order valence-electron chi connectivity index (χ0n) is 17.6. The summed E-state index contributed by atoms with van der Waals surface area (Å²) in [6.45, 7) is 2.47. The van der Waals surface area contributed by atoms with Gasteiger partial charge in [0.15, 0.2) is 0 Å². The topological polar surface area (TPSA) is 133 Å². The number of ether oxygens (including phenoxy) is 2. The number of carboxylic acids is 2. The first-order valence-corrected chi connectivity index (χ1v) is 10.8. The SMILES string of the molecule is CC(C(=O)OC1CCCCC1)/C(C(=O)[O-])=C(\C(=O)[O-])C(C)C(=O)OC1CCCCC1. The number of hydrogen-bond donors (Lipinski definition) is 0. The van der Waals surface area contributed by atoms with Crippen LogP contribution in [-0.4, -0.2) is 36.1 Å². The molecule has 8 nitrogen and oxygen atoms in total. The lowest BCUT2D eigenvalue weighted by atomic mass is 9.88. The first-order valence-electron chi connectivity index (χ1n) is 10.8. The summed E-state index contributed by atoms with van der Waals surface area (Å²) in [5.74, 6) is -8.25. The Morgan fingerprint density at radius 2 is 0.933 bits per heavy atom. The Hall–Kier alpha value is -2.38. The molecule has 2 fully saturated rings. The highest BCUT2D eigenvalue weighted by molar-refractivity contribution is 6.04. The molecule has 0 aromatic carbocycles. The van der Waals surface area contributed by atoms with E-state index in [0.717, 1.165) is 38.5 Å². The summed E-state index contributed by atoms with van der Waals surface area (Å²) in [5.41, 5.74) is -1.60. The second kappa shape index (κ2) is 11.1. The van der Waals surface area contributed by atoms with Crippen molar-refractivity contribution in [2.75, 3.05) is 0 Å². The maximum atomic E-state index is 12.5. The Labute approximate surface area is 176 Å². The summed E-state index contributed by atoms with van der Waals surface area (Å²) in [4.78, 5) is 48.6. The minimum Gasteiger partial charge on any atom is -0.545 e. The van der Waals surface area contributed by atoms with Gasteiger partial charge in [-0.1, -0.05) is 12.8 Å². The predicted octanol–water partition coefficient (Wildman–Crippen LogP) is 0.807. The number of carbonyl (C=O) groups is 4. The molecule has 0 bridgehead atoms. The van der Waals surface area contributed by atoms with Crippen molar-refractivity contribution in [3.8, 4) is 0 Å². The van der Waals surface area contributed by atoms with E-state index in [2.05, 4.69) is 0 Å². The third-order valence-corrected chi connectivity index (χ3v) is 5.97. The Morgan fingerprint density at radius 1 is 0.633 bits per heavy atom. The lowest BCUT2D eigenvalue weighted by Gasteiger charge is -2.28. The lowest BCUT2D eigenvalue weighted by Crippen LogP contribution is -2.40. The van der Waals surface area contributed by atoms with Crippen LogP contribution in [0.2, 0.25) is 0 Å². The number of hydrogen-bond acceptors (Lipinski definition) is 8. The Morgan fingerprint density at radius 3 is 1.20 bits per heavy atom. The molecule has 0 N–H and O–H groups in total. The van der Waals surface area contributed by atoms with Crippen molar-refractivity contribution in [2.24, 2.45) is 11.8 Å². The van der Waals surface area contributed by atoms with Crippen molar-refractivity contribution in [3.63, 3.8) is 0 Å². The van der Waals surface area contributed by atoms with Crippen LogP contribution in [0, 0.1) is 11.8 Å². The van der Waals surface area contributed by atoms with E-state index in [0.29, 0.717) is 25.7 Å². The van der Waals surface area contributed by atoms with Crippen LogP contribution in [0.25, 0.3) is 0 Å². The smallest absolute Gasteiger partial charge is 0.313 e. The van der Waals surface area contributed by atoms with Crippen LogP contribution in [0.1, 0.15) is 78.1 Å². The van der Waals surface area contributed by atoms with E-state index >= 15 is 0 Å². The van der Waals surface area contributed by atoms with E-state index in [1.165, 1.54) is 13.8 Å². The van der Waals surface area contributed by atoms with Crippen LogP contribution < -0.4 is 10.2 Å². The molecule has 2 saturated carbocycles. The molecule has 2 atom stereocenters. The highest BCUT2D eigenvalue weighted by atomic mass is 16.5. The lowest BCUT2D eigenvalue weighted by molar-refractivity contribution is -0.305. The van der Waals surface area contributed by atoms with Gasteiger partial charge >= 0.3 is 11.9 Å². The van der Waals surface area contributed by atoms with Gasteiger partial charge < -0.3 is 29.3 Å². The third-order valence-electron chi connectivity index (χ3n) is 5.97. The molecule has 30 heavy (non-hydrogen) atoms. The standard InChI is InChI=1S/C22H32O8/c1-13(21(27)29-15-9-5-3-6-10-15)17(19(23)24)18(20(25)26)14(2)22(28)30-16-11-7-4-8-12-16/h13-16H,3-12H2,1-2H3,(H,23,24)(H,25,26)/p-2/b18-17+. The summed E-state index contributed by atoms with van der Waals surface area (Å²) in [6.07, 6.45) is 7.79. The van der Waals surface area contributed by atoms with Gasteiger partial charge in [-0.05, 0) is 76.4 Å².